The average molecular weight is 422 g/mol. The minimum Gasteiger partial charge on any atom is -0.508 e. The molecular formula is C20H30N4O6. The second-order valence-electron chi connectivity index (χ2n) is 7.53. The minimum atomic E-state index is -1.17. The Morgan fingerprint density at radius 3 is 2.07 bits per heavy atom. The molecule has 0 heterocycles. The van der Waals surface area contributed by atoms with E-state index in [9.17, 15) is 29.4 Å². The number of hydrogen-bond acceptors (Lipinski definition) is 6. The lowest BCUT2D eigenvalue weighted by Gasteiger charge is -2.22. The number of rotatable bonds is 11. The van der Waals surface area contributed by atoms with Gasteiger partial charge in [-0.25, -0.2) is 4.79 Å². The number of aliphatic carboxylic acids is 1. The lowest BCUT2D eigenvalue weighted by molar-refractivity contribution is -0.142. The van der Waals surface area contributed by atoms with Crippen molar-refractivity contribution < 1.29 is 29.4 Å². The van der Waals surface area contributed by atoms with Crippen molar-refractivity contribution in [2.24, 2.45) is 11.7 Å². The summed E-state index contributed by atoms with van der Waals surface area (Å²) in [6.45, 7) is 4.75. The topological polar surface area (TPSA) is 171 Å². The molecule has 0 radical (unpaired) electrons. The number of phenols is 1. The maximum absolute atomic E-state index is 12.7. The first kappa shape index (κ1) is 24.9. The molecule has 10 nitrogen and oxygen atoms in total. The zero-order chi connectivity index (χ0) is 22.8. The highest BCUT2D eigenvalue weighted by Gasteiger charge is 2.27. The van der Waals surface area contributed by atoms with Crippen LogP contribution in [0, 0.1) is 5.92 Å². The number of carboxylic acids is 1. The number of nitrogens with two attached hydrogens (primary N) is 1. The molecule has 7 N–H and O–H groups in total. The van der Waals surface area contributed by atoms with Gasteiger partial charge in [0.2, 0.25) is 17.7 Å². The van der Waals surface area contributed by atoms with Crippen molar-refractivity contribution >= 4 is 23.7 Å². The van der Waals surface area contributed by atoms with E-state index in [1.54, 1.807) is 12.1 Å². The van der Waals surface area contributed by atoms with E-state index >= 15 is 0 Å². The second kappa shape index (κ2) is 11.8. The van der Waals surface area contributed by atoms with Crippen LogP contribution in [0.2, 0.25) is 0 Å². The first-order chi connectivity index (χ1) is 14.0. The van der Waals surface area contributed by atoms with Crippen LogP contribution in [-0.4, -0.2) is 58.6 Å². The third-order valence-corrected chi connectivity index (χ3v) is 4.19. The molecule has 3 unspecified atom stereocenters. The smallest absolute Gasteiger partial charge is 0.326 e. The number of nitrogens with one attached hydrogen (secondary N) is 3. The molecule has 1 aromatic carbocycles. The summed E-state index contributed by atoms with van der Waals surface area (Å²) in [5.41, 5.74) is 6.07. The summed E-state index contributed by atoms with van der Waals surface area (Å²) in [4.78, 5) is 48.0. The van der Waals surface area contributed by atoms with E-state index in [1.165, 1.54) is 19.1 Å². The van der Waals surface area contributed by atoms with Crippen molar-refractivity contribution in [2.45, 2.75) is 51.7 Å². The van der Waals surface area contributed by atoms with Gasteiger partial charge in [-0.1, -0.05) is 26.0 Å². The second-order valence-corrected chi connectivity index (χ2v) is 7.53. The highest BCUT2D eigenvalue weighted by Crippen LogP contribution is 2.12. The summed E-state index contributed by atoms with van der Waals surface area (Å²) in [6, 6.07) is 3.07. The van der Waals surface area contributed by atoms with Crippen molar-refractivity contribution in [3.8, 4) is 5.75 Å². The molecular weight excluding hydrogens is 392 g/mol. The number of carbonyl (C=O) groups is 4. The molecule has 1 aromatic rings. The number of aromatic hydroxyl groups is 1. The van der Waals surface area contributed by atoms with Crippen LogP contribution in [0.3, 0.4) is 0 Å². The summed E-state index contributed by atoms with van der Waals surface area (Å²) < 4.78 is 0. The molecule has 0 aliphatic rings. The molecule has 0 aromatic heterocycles. The summed E-state index contributed by atoms with van der Waals surface area (Å²) in [5, 5.41) is 26.1. The Balaban J connectivity index is 2.91. The number of carbonyl (C=O) groups excluding carboxylic acids is 3. The summed E-state index contributed by atoms with van der Waals surface area (Å²) in [5.74, 6) is -2.90. The predicted molar refractivity (Wildman–Crippen MR) is 109 cm³/mol. The van der Waals surface area contributed by atoms with Gasteiger partial charge in [-0.15, -0.1) is 0 Å². The largest absolute Gasteiger partial charge is 0.508 e. The van der Waals surface area contributed by atoms with Crippen LogP contribution in [-0.2, 0) is 25.6 Å². The molecule has 0 aliphatic heterocycles. The summed E-state index contributed by atoms with van der Waals surface area (Å²) >= 11 is 0. The number of hydrogen-bond donors (Lipinski definition) is 6. The molecule has 0 saturated heterocycles. The third kappa shape index (κ3) is 8.91. The fraction of sp³-hybridized carbons (Fsp3) is 0.500. The third-order valence-electron chi connectivity index (χ3n) is 4.19. The van der Waals surface area contributed by atoms with Crippen LogP contribution >= 0.6 is 0 Å². The molecule has 3 amide bonds. The monoisotopic (exact) mass is 422 g/mol. The molecule has 0 saturated carbocycles. The van der Waals surface area contributed by atoms with Crippen LogP contribution in [0.15, 0.2) is 24.3 Å². The van der Waals surface area contributed by atoms with Crippen molar-refractivity contribution in [2.75, 3.05) is 6.54 Å². The van der Waals surface area contributed by atoms with Gasteiger partial charge in [0.15, 0.2) is 0 Å². The lowest BCUT2D eigenvalue weighted by atomic mass is 10.0. The van der Waals surface area contributed by atoms with E-state index in [2.05, 4.69) is 16.0 Å². The van der Waals surface area contributed by atoms with E-state index < -0.39 is 41.8 Å². The molecule has 3 atom stereocenters. The van der Waals surface area contributed by atoms with E-state index in [-0.39, 0.29) is 31.1 Å². The lowest BCUT2D eigenvalue weighted by Crippen LogP contribution is -2.54. The molecule has 0 aliphatic carbocycles. The Hall–Kier alpha value is -3.14. The Kier molecular flexibility index (Phi) is 9.76. The Labute approximate surface area is 175 Å². The Bertz CT molecular complexity index is 748. The van der Waals surface area contributed by atoms with Gasteiger partial charge >= 0.3 is 5.97 Å². The van der Waals surface area contributed by atoms with E-state index in [1.807, 2.05) is 13.8 Å². The molecule has 10 heteroatoms. The Morgan fingerprint density at radius 1 is 0.967 bits per heavy atom. The van der Waals surface area contributed by atoms with Crippen molar-refractivity contribution in [3.05, 3.63) is 29.8 Å². The zero-order valence-electron chi connectivity index (χ0n) is 17.3. The van der Waals surface area contributed by atoms with Gasteiger partial charge in [0.1, 0.15) is 17.8 Å². The highest BCUT2D eigenvalue weighted by molar-refractivity contribution is 5.92. The van der Waals surface area contributed by atoms with Gasteiger partial charge in [0.25, 0.3) is 0 Å². The van der Waals surface area contributed by atoms with Crippen LogP contribution in [0.5, 0.6) is 5.75 Å². The highest BCUT2D eigenvalue weighted by atomic mass is 16.4. The van der Waals surface area contributed by atoms with Gasteiger partial charge in [-0.05, 0) is 37.0 Å². The van der Waals surface area contributed by atoms with Crippen LogP contribution < -0.4 is 21.7 Å². The van der Waals surface area contributed by atoms with Gasteiger partial charge in [0.05, 0.1) is 12.6 Å². The number of benzene rings is 1. The first-order valence-corrected chi connectivity index (χ1v) is 9.63. The van der Waals surface area contributed by atoms with Crippen LogP contribution in [0.25, 0.3) is 0 Å². The van der Waals surface area contributed by atoms with Crippen LogP contribution in [0.1, 0.15) is 32.8 Å². The first-order valence-electron chi connectivity index (χ1n) is 9.63. The molecule has 1 rings (SSSR count). The van der Waals surface area contributed by atoms with Crippen molar-refractivity contribution in [1.29, 1.82) is 0 Å². The van der Waals surface area contributed by atoms with Gasteiger partial charge < -0.3 is 31.9 Å². The normalized spacial score (nSPS) is 13.8. The maximum Gasteiger partial charge on any atom is 0.326 e. The summed E-state index contributed by atoms with van der Waals surface area (Å²) in [6.07, 6.45) is 0.290. The number of carboxylic acid groups (broad SMARTS) is 1. The molecule has 0 spiro atoms. The average Bonchev–Trinajstić information content (AvgIpc) is 2.66. The number of amides is 3. The minimum absolute atomic E-state index is 0.0324. The zero-order valence-corrected chi connectivity index (χ0v) is 17.3. The predicted octanol–water partition coefficient (Wildman–Crippen LogP) is -0.502. The van der Waals surface area contributed by atoms with Gasteiger partial charge in [0, 0.05) is 6.42 Å². The number of phenolic OH excluding ortho intramolecular Hbond substituents is 1. The maximum atomic E-state index is 12.7. The SMILES string of the molecule is CC(C)CC(NC(=O)C(Cc1ccc(O)cc1)NC(=O)CNC(=O)C(C)N)C(=O)O. The Morgan fingerprint density at radius 2 is 1.57 bits per heavy atom. The van der Waals surface area contributed by atoms with Crippen molar-refractivity contribution in [3.63, 3.8) is 0 Å². The molecule has 0 bridgehead atoms. The van der Waals surface area contributed by atoms with Crippen LogP contribution in [0.4, 0.5) is 0 Å². The van der Waals surface area contributed by atoms with E-state index in [4.69, 9.17) is 5.73 Å². The molecule has 30 heavy (non-hydrogen) atoms. The quantitative estimate of drug-likeness (QED) is 0.279. The van der Waals surface area contributed by atoms with Gasteiger partial charge in [-0.3, -0.25) is 14.4 Å². The fourth-order valence-corrected chi connectivity index (χ4v) is 2.62. The van der Waals surface area contributed by atoms with E-state index in [0.29, 0.717) is 5.56 Å². The molecule has 0 fully saturated rings. The fourth-order valence-electron chi connectivity index (χ4n) is 2.62. The van der Waals surface area contributed by atoms with Crippen molar-refractivity contribution in [1.82, 2.24) is 16.0 Å². The molecule has 166 valence electrons. The summed E-state index contributed by atoms with van der Waals surface area (Å²) in [7, 11) is 0. The van der Waals surface area contributed by atoms with E-state index in [0.717, 1.165) is 0 Å². The van der Waals surface area contributed by atoms with Gasteiger partial charge in [-0.2, -0.15) is 0 Å². The standard InChI is InChI=1S/C20H30N4O6/c1-11(2)8-16(20(29)30)24-19(28)15(9-13-4-6-14(25)7-5-13)23-17(26)10-22-18(27)12(3)21/h4-7,11-12,15-16,25H,8-10,21H2,1-3H3,(H,22,27)(H,23,26)(H,24,28)(H,29,30).